The van der Waals surface area contributed by atoms with Gasteiger partial charge in [0.1, 0.15) is 6.17 Å². The maximum Gasteiger partial charge on any atom is 0.294 e. The van der Waals surface area contributed by atoms with E-state index >= 15 is 0 Å². The number of nitrogens with two attached hydrogens (primary N) is 2. The largest absolute Gasteiger partial charge is 0.399 e. The van der Waals surface area contributed by atoms with Crippen LogP contribution >= 0.6 is 0 Å². The summed E-state index contributed by atoms with van der Waals surface area (Å²) in [5, 5.41) is 5.65. The quantitative estimate of drug-likeness (QED) is 0.185. The van der Waals surface area contributed by atoms with Crippen molar-refractivity contribution in [3.63, 3.8) is 0 Å². The Balaban J connectivity index is 0.000000173. The van der Waals surface area contributed by atoms with E-state index in [1.165, 1.54) is 0 Å². The highest BCUT2D eigenvalue weighted by molar-refractivity contribution is 7.86. The summed E-state index contributed by atoms with van der Waals surface area (Å²) in [7, 11) is -4.41. The molecule has 2 atom stereocenters. The zero-order valence-electron chi connectivity index (χ0n) is 19.2. The molecule has 6 rings (SSSR count). The lowest BCUT2D eigenvalue weighted by atomic mass is 9.95. The molecule has 12 heteroatoms. The van der Waals surface area contributed by atoms with Crippen LogP contribution in [0.2, 0.25) is 0 Å². The third kappa shape index (κ3) is 4.51. The highest BCUT2D eigenvalue weighted by Crippen LogP contribution is 2.43. The minimum Gasteiger partial charge on any atom is -0.399 e. The molecule has 0 radical (unpaired) electrons. The number of anilines is 4. The minimum atomic E-state index is -4.41. The third-order valence-electron chi connectivity index (χ3n) is 6.17. The van der Waals surface area contributed by atoms with Crippen molar-refractivity contribution in [2.45, 2.75) is 22.4 Å². The number of hydrogen-bond donors (Lipinski definition) is 5. The van der Waals surface area contributed by atoms with Crippen molar-refractivity contribution in [2.75, 3.05) is 21.7 Å². The van der Waals surface area contributed by atoms with Crippen LogP contribution in [0.3, 0.4) is 0 Å². The van der Waals surface area contributed by atoms with E-state index in [1.54, 1.807) is 0 Å². The van der Waals surface area contributed by atoms with E-state index in [4.69, 9.17) is 20.6 Å². The molecule has 0 saturated heterocycles. The topological polar surface area (TPSA) is 176 Å². The van der Waals surface area contributed by atoms with E-state index < -0.39 is 26.1 Å². The fraction of sp³-hybridized carbons (Fsp3) is 0.0800. The molecule has 0 saturated carbocycles. The molecule has 2 aliphatic heterocycles. The maximum atomic E-state index is 13.2. The van der Waals surface area contributed by atoms with Gasteiger partial charge in [0, 0.05) is 22.5 Å². The van der Waals surface area contributed by atoms with E-state index in [-0.39, 0.29) is 22.7 Å². The van der Waals surface area contributed by atoms with Gasteiger partial charge in [-0.25, -0.2) is 4.21 Å². The summed E-state index contributed by atoms with van der Waals surface area (Å²) in [6.45, 7) is 0. The standard InChI is InChI=1S/C19H15N3O.C6H7NO5S2/c20-12-8-9-16-15(10-12)21-18-13-7-3-5-11-4-1-2-6-14(17(11)13)19(23)22(16)18;7-4-1-5(13(8)9)3-6(2-4)14(10,11)12/h1-5,7-10,18,21H,6,20H2;1-3H,7H2,(H,8,9)(H,10,11,12). The summed E-state index contributed by atoms with van der Waals surface area (Å²) >= 11 is -2.34. The number of carbonyl (C=O) groups is 1. The summed E-state index contributed by atoms with van der Waals surface area (Å²) in [6, 6.07) is 14.9. The van der Waals surface area contributed by atoms with E-state index in [2.05, 4.69) is 29.6 Å². The van der Waals surface area contributed by atoms with E-state index in [0.29, 0.717) is 12.1 Å². The Bertz CT molecular complexity index is 1750. The van der Waals surface area contributed by atoms with Crippen molar-refractivity contribution in [2.24, 2.45) is 0 Å². The monoisotopic (exact) mass is 538 g/mol. The molecule has 0 fully saturated rings. The number of fused-ring (bicyclic) bond motifs is 4. The van der Waals surface area contributed by atoms with Gasteiger partial charge in [-0.05, 0) is 53.3 Å². The van der Waals surface area contributed by atoms with Crippen LogP contribution in [0.5, 0.6) is 0 Å². The zero-order valence-corrected chi connectivity index (χ0v) is 20.8. The Morgan fingerprint density at radius 2 is 1.84 bits per heavy atom. The van der Waals surface area contributed by atoms with Gasteiger partial charge in [0.15, 0.2) is 11.1 Å². The van der Waals surface area contributed by atoms with Crippen molar-refractivity contribution in [1.29, 1.82) is 0 Å². The highest BCUT2D eigenvalue weighted by Gasteiger charge is 2.40. The van der Waals surface area contributed by atoms with Gasteiger partial charge in [0.05, 0.1) is 21.2 Å². The molecule has 3 aromatic rings. The third-order valence-corrected chi connectivity index (χ3v) is 7.64. The first-order valence-corrected chi connectivity index (χ1v) is 13.6. The molecule has 10 nitrogen and oxygen atoms in total. The first kappa shape index (κ1) is 24.7. The first-order chi connectivity index (χ1) is 17.5. The van der Waals surface area contributed by atoms with Gasteiger partial charge in [-0.15, -0.1) is 0 Å². The van der Waals surface area contributed by atoms with Crippen molar-refractivity contribution < 1.29 is 26.5 Å². The van der Waals surface area contributed by atoms with Crippen LogP contribution < -0.4 is 32.1 Å². The molecular weight excluding hydrogens is 516 g/mol. The van der Waals surface area contributed by atoms with Crippen molar-refractivity contribution in [3.05, 3.63) is 82.8 Å². The zero-order chi connectivity index (χ0) is 26.5. The van der Waals surface area contributed by atoms with Crippen LogP contribution in [0.1, 0.15) is 18.2 Å². The Morgan fingerprint density at radius 3 is 2.57 bits per heavy atom. The van der Waals surface area contributed by atoms with Gasteiger partial charge in [0.25, 0.3) is 16.0 Å². The molecule has 190 valence electrons. The van der Waals surface area contributed by atoms with Gasteiger partial charge in [0.2, 0.25) is 0 Å². The molecule has 37 heavy (non-hydrogen) atoms. The van der Waals surface area contributed by atoms with Crippen LogP contribution in [0.15, 0.2) is 76.5 Å². The molecule has 1 aliphatic carbocycles. The van der Waals surface area contributed by atoms with Gasteiger partial charge >= 0.3 is 0 Å². The number of hydrogen-bond acceptors (Lipinski definition) is 7. The predicted octanol–water partition coefficient (Wildman–Crippen LogP) is 1.73. The summed E-state index contributed by atoms with van der Waals surface area (Å²) in [5.41, 5.74) is 15.7. The second kappa shape index (κ2) is 9.16. The molecule has 0 bridgehead atoms. The van der Waals surface area contributed by atoms with Crippen molar-refractivity contribution in [1.82, 2.24) is 0 Å². The number of allylic oxidation sites excluding steroid dienone is 2. The minimum absolute atomic E-state index is 0.0162. The van der Waals surface area contributed by atoms with Gasteiger partial charge in [-0.3, -0.25) is 14.2 Å². The Kier molecular flexibility index (Phi) is 6.12. The normalized spacial score (nSPS) is 17.8. The Morgan fingerprint density at radius 1 is 1.05 bits per heavy atom. The Labute approximate surface area is 214 Å². The molecule has 2 heterocycles. The fourth-order valence-corrected chi connectivity index (χ4v) is 5.72. The van der Waals surface area contributed by atoms with Crippen molar-refractivity contribution >= 4 is 61.5 Å². The molecule has 0 spiro atoms. The highest BCUT2D eigenvalue weighted by atomic mass is 32.2. The van der Waals surface area contributed by atoms with E-state index in [9.17, 15) is 17.4 Å². The fourth-order valence-electron chi connectivity index (χ4n) is 4.62. The number of nitrogen functional groups attached to an aromatic ring is 2. The average Bonchev–Trinajstić information content (AvgIpc) is 3.07. The number of carbonyl (C=O) groups excluding carboxylic acids is 1. The second-order valence-corrected chi connectivity index (χ2v) is 10.9. The van der Waals surface area contributed by atoms with Crippen molar-refractivity contribution in [3.8, 4) is 0 Å². The molecule has 0 aromatic heterocycles. The molecular formula is C25H22N4O6S2. The van der Waals surface area contributed by atoms with Gasteiger partial charge < -0.3 is 21.3 Å². The second-order valence-electron chi connectivity index (χ2n) is 8.55. The molecule has 3 aliphatic rings. The van der Waals surface area contributed by atoms with Crippen LogP contribution in [-0.2, 0) is 26.0 Å². The lowest BCUT2D eigenvalue weighted by molar-refractivity contribution is -0.114. The number of amides is 1. The lowest BCUT2D eigenvalue weighted by Crippen LogP contribution is -2.48. The van der Waals surface area contributed by atoms with Gasteiger partial charge in [-0.2, -0.15) is 8.42 Å². The SMILES string of the molecule is Nc1cc(S(=O)O)cc(S(=O)(=O)O)c1.Nc1ccc2c(c1)NC1c3cccc4c3=C(CC=CC=4)C(=O)N21. The van der Waals surface area contributed by atoms with Crippen LogP contribution in [0, 0.1) is 0 Å². The Hall–Kier alpha value is -3.97. The molecule has 1 amide bonds. The van der Waals surface area contributed by atoms with E-state index in [1.807, 2.05) is 35.3 Å². The number of nitrogens with one attached hydrogen (secondary N) is 1. The average molecular weight is 539 g/mol. The van der Waals surface area contributed by atoms with Gasteiger partial charge in [-0.1, -0.05) is 36.4 Å². The number of benzene rings is 3. The maximum absolute atomic E-state index is 13.2. The smallest absolute Gasteiger partial charge is 0.294 e. The molecule has 2 unspecified atom stereocenters. The van der Waals surface area contributed by atoms with Crippen LogP contribution in [-0.4, -0.2) is 27.6 Å². The van der Waals surface area contributed by atoms with Crippen LogP contribution in [0.4, 0.5) is 22.7 Å². The molecule has 7 N–H and O–H groups in total. The van der Waals surface area contributed by atoms with Crippen LogP contribution in [0.25, 0.3) is 11.6 Å². The first-order valence-electron chi connectivity index (χ1n) is 11.0. The lowest BCUT2D eigenvalue weighted by Gasteiger charge is -2.31. The summed E-state index contributed by atoms with van der Waals surface area (Å²) in [5.74, 6) is 0.0749. The summed E-state index contributed by atoms with van der Waals surface area (Å²) < 4.78 is 49.3. The summed E-state index contributed by atoms with van der Waals surface area (Å²) in [6.07, 6.45) is 6.65. The summed E-state index contributed by atoms with van der Waals surface area (Å²) in [4.78, 5) is 14.3. The number of nitrogens with zero attached hydrogens (tertiary/aromatic N) is 1. The number of rotatable bonds is 2. The predicted molar refractivity (Wildman–Crippen MR) is 142 cm³/mol. The molecule has 3 aromatic carbocycles. The van der Waals surface area contributed by atoms with E-state index in [0.717, 1.165) is 51.1 Å².